The van der Waals surface area contributed by atoms with E-state index in [4.69, 9.17) is 4.74 Å². The zero-order valence-corrected chi connectivity index (χ0v) is 15.7. The number of rotatable bonds is 4. The van der Waals surface area contributed by atoms with E-state index in [0.29, 0.717) is 6.42 Å². The van der Waals surface area contributed by atoms with Crippen LogP contribution in [0.15, 0.2) is 30.3 Å². The van der Waals surface area contributed by atoms with Gasteiger partial charge in [-0.1, -0.05) is 30.3 Å². The molecule has 0 saturated carbocycles. The standard InChI is InChI=1S/C19H28N2O5/c1-19(2,3)26-17(23)20-10-11-21(18(24)25,14-16(20)9-12-22)13-15-7-5-4-6-8-15/h4-8,16,22H,9-14H2,1-3H3/t16-,21?/m1/s1. The number of hydrogen-bond acceptors (Lipinski definition) is 5. The van der Waals surface area contributed by atoms with E-state index < -0.39 is 23.8 Å². The van der Waals surface area contributed by atoms with Gasteiger partial charge in [0.2, 0.25) is 0 Å². The van der Waals surface area contributed by atoms with Gasteiger partial charge in [0, 0.05) is 12.2 Å². The highest BCUT2D eigenvalue weighted by Crippen LogP contribution is 2.25. The van der Waals surface area contributed by atoms with Crippen LogP contribution < -0.4 is 5.11 Å². The SMILES string of the molecule is CC(C)(C)OC(=O)N1CC[N+](Cc2ccccc2)(C(=O)[O-])C[C@H]1CCO. The monoisotopic (exact) mass is 364 g/mol. The molecule has 144 valence electrons. The van der Waals surface area contributed by atoms with Gasteiger partial charge in [-0.2, -0.15) is 0 Å². The Hall–Kier alpha value is -2.12. The zero-order valence-electron chi connectivity index (χ0n) is 15.7. The van der Waals surface area contributed by atoms with Crippen molar-refractivity contribution in [1.29, 1.82) is 0 Å². The second-order valence-corrected chi connectivity index (χ2v) is 7.80. The number of quaternary nitrogens is 1. The third kappa shape index (κ3) is 4.95. The highest BCUT2D eigenvalue weighted by atomic mass is 16.6. The Morgan fingerprint density at radius 3 is 2.50 bits per heavy atom. The molecule has 1 aromatic carbocycles. The number of hydrogen-bond donors (Lipinski definition) is 1. The van der Waals surface area contributed by atoms with Crippen molar-refractivity contribution >= 4 is 12.2 Å². The van der Waals surface area contributed by atoms with E-state index in [1.807, 2.05) is 30.3 Å². The summed E-state index contributed by atoms with van der Waals surface area (Å²) in [6.07, 6.45) is -1.35. The number of nitrogens with zero attached hydrogens (tertiary/aromatic N) is 2. The van der Waals surface area contributed by atoms with Crippen LogP contribution in [0.1, 0.15) is 32.8 Å². The number of benzene rings is 1. The summed E-state index contributed by atoms with van der Waals surface area (Å²) >= 11 is 0. The van der Waals surface area contributed by atoms with Crippen LogP contribution >= 0.6 is 0 Å². The fraction of sp³-hybridized carbons (Fsp3) is 0.579. The molecule has 0 aliphatic carbocycles. The summed E-state index contributed by atoms with van der Waals surface area (Å²) in [4.78, 5) is 26.0. The lowest BCUT2D eigenvalue weighted by Gasteiger charge is -2.48. The van der Waals surface area contributed by atoms with Crippen molar-refractivity contribution < 1.29 is 29.0 Å². The topological polar surface area (TPSA) is 89.9 Å². The Morgan fingerprint density at radius 2 is 1.96 bits per heavy atom. The minimum atomic E-state index is -1.17. The Balaban J connectivity index is 2.22. The summed E-state index contributed by atoms with van der Waals surface area (Å²) in [5.74, 6) is 0. The van der Waals surface area contributed by atoms with E-state index in [0.717, 1.165) is 5.56 Å². The van der Waals surface area contributed by atoms with Gasteiger partial charge in [0.05, 0.1) is 12.6 Å². The Labute approximate surface area is 154 Å². The molecule has 26 heavy (non-hydrogen) atoms. The van der Waals surface area contributed by atoms with E-state index in [1.165, 1.54) is 4.90 Å². The number of carbonyl (C=O) groups excluding carboxylic acids is 2. The number of aliphatic hydroxyl groups is 1. The number of aliphatic hydroxyl groups excluding tert-OH is 1. The normalized spacial score (nSPS) is 23.5. The lowest BCUT2D eigenvalue weighted by atomic mass is 10.0. The van der Waals surface area contributed by atoms with Gasteiger partial charge in [0.25, 0.3) is 6.09 Å². The minimum absolute atomic E-state index is 0.137. The van der Waals surface area contributed by atoms with Crippen molar-refractivity contribution in [2.45, 2.75) is 45.4 Å². The smallest absolute Gasteiger partial charge is 0.410 e. The summed E-state index contributed by atoms with van der Waals surface area (Å²) in [6.45, 7) is 6.15. The average Bonchev–Trinajstić information content (AvgIpc) is 2.54. The van der Waals surface area contributed by atoms with Gasteiger partial charge in [-0.05, 0) is 27.2 Å². The van der Waals surface area contributed by atoms with Crippen LogP contribution in [-0.2, 0) is 11.3 Å². The third-order valence-corrected chi connectivity index (χ3v) is 4.58. The van der Waals surface area contributed by atoms with E-state index in [9.17, 15) is 19.8 Å². The van der Waals surface area contributed by atoms with Gasteiger partial charge < -0.3 is 19.7 Å². The molecular formula is C19H28N2O5. The number of carboxylic acid groups (broad SMARTS) is 1. The molecule has 1 aromatic rings. The first-order chi connectivity index (χ1) is 12.2. The first-order valence-electron chi connectivity index (χ1n) is 8.89. The molecular weight excluding hydrogens is 336 g/mol. The Morgan fingerprint density at radius 1 is 1.31 bits per heavy atom. The number of piperazine rings is 1. The van der Waals surface area contributed by atoms with Crippen LogP contribution in [0, 0.1) is 0 Å². The number of ether oxygens (including phenoxy) is 1. The van der Waals surface area contributed by atoms with Crippen molar-refractivity contribution in [2.75, 3.05) is 26.2 Å². The third-order valence-electron chi connectivity index (χ3n) is 4.58. The first kappa shape index (κ1) is 20.2. The van der Waals surface area contributed by atoms with Gasteiger partial charge >= 0.3 is 6.09 Å². The molecule has 7 nitrogen and oxygen atoms in total. The van der Waals surface area contributed by atoms with Crippen LogP contribution in [-0.4, -0.2) is 64.6 Å². The summed E-state index contributed by atoms with van der Waals surface area (Å²) in [5.41, 5.74) is 0.257. The van der Waals surface area contributed by atoms with Crippen molar-refractivity contribution in [3.05, 3.63) is 35.9 Å². The van der Waals surface area contributed by atoms with E-state index >= 15 is 0 Å². The predicted molar refractivity (Wildman–Crippen MR) is 94.0 cm³/mol. The molecule has 7 heteroatoms. The van der Waals surface area contributed by atoms with Gasteiger partial charge in [-0.25, -0.2) is 4.79 Å². The number of amides is 2. The highest BCUT2D eigenvalue weighted by molar-refractivity contribution is 5.69. The molecule has 1 aliphatic heterocycles. The van der Waals surface area contributed by atoms with E-state index in [-0.39, 0.29) is 37.3 Å². The molecule has 0 radical (unpaired) electrons. The van der Waals surface area contributed by atoms with E-state index in [2.05, 4.69) is 0 Å². The first-order valence-corrected chi connectivity index (χ1v) is 8.89. The van der Waals surface area contributed by atoms with Gasteiger partial charge in [-0.3, -0.25) is 9.38 Å². The molecule has 1 N–H and O–H groups in total. The van der Waals surface area contributed by atoms with Crippen LogP contribution in [0.25, 0.3) is 0 Å². The Kier molecular flexibility index (Phi) is 6.26. The highest BCUT2D eigenvalue weighted by Gasteiger charge is 2.43. The predicted octanol–water partition coefficient (Wildman–Crippen LogP) is 1.35. The lowest BCUT2D eigenvalue weighted by Crippen LogP contribution is -2.69. The quantitative estimate of drug-likeness (QED) is 0.815. The molecule has 1 unspecified atom stereocenters. The van der Waals surface area contributed by atoms with E-state index in [1.54, 1.807) is 20.8 Å². The largest absolute Gasteiger partial charge is 0.498 e. The van der Waals surface area contributed by atoms with Crippen LogP contribution in [0.3, 0.4) is 0 Å². The zero-order chi connectivity index (χ0) is 19.4. The molecule has 0 spiro atoms. The molecule has 2 amide bonds. The van der Waals surface area contributed by atoms with Crippen molar-refractivity contribution in [1.82, 2.24) is 4.90 Å². The Bertz CT molecular complexity index is 629. The summed E-state index contributed by atoms with van der Waals surface area (Å²) < 4.78 is 5.17. The van der Waals surface area contributed by atoms with Crippen LogP contribution in [0.5, 0.6) is 0 Å². The fourth-order valence-electron chi connectivity index (χ4n) is 3.34. The molecule has 1 heterocycles. The fourth-order valence-corrected chi connectivity index (χ4v) is 3.34. The maximum Gasteiger partial charge on any atom is 0.410 e. The molecule has 1 aliphatic rings. The molecule has 2 rings (SSSR count). The molecule has 1 saturated heterocycles. The van der Waals surface area contributed by atoms with Gasteiger partial charge in [-0.15, -0.1) is 0 Å². The van der Waals surface area contributed by atoms with Crippen LogP contribution in [0.2, 0.25) is 0 Å². The lowest BCUT2D eigenvalue weighted by molar-refractivity contribution is -0.895. The second kappa shape index (κ2) is 8.05. The molecule has 1 fully saturated rings. The van der Waals surface area contributed by atoms with Crippen molar-refractivity contribution in [3.63, 3.8) is 0 Å². The molecule has 0 aromatic heterocycles. The van der Waals surface area contributed by atoms with Crippen molar-refractivity contribution in [3.8, 4) is 0 Å². The summed E-state index contributed by atoms with van der Waals surface area (Å²) in [7, 11) is 0. The van der Waals surface area contributed by atoms with Crippen LogP contribution in [0.4, 0.5) is 9.59 Å². The molecule has 0 bridgehead atoms. The average molecular weight is 364 g/mol. The number of carbonyl (C=O) groups is 2. The molecule has 2 atom stereocenters. The maximum atomic E-state index is 12.5. The van der Waals surface area contributed by atoms with Crippen molar-refractivity contribution in [2.24, 2.45) is 0 Å². The van der Waals surface area contributed by atoms with Gasteiger partial charge in [0.1, 0.15) is 25.2 Å². The summed E-state index contributed by atoms with van der Waals surface area (Å²) in [6, 6.07) is 8.94. The second-order valence-electron chi connectivity index (χ2n) is 7.80. The van der Waals surface area contributed by atoms with Gasteiger partial charge in [0.15, 0.2) is 0 Å². The summed E-state index contributed by atoms with van der Waals surface area (Å²) in [5, 5.41) is 21.4. The minimum Gasteiger partial charge on any atom is -0.498 e. The maximum absolute atomic E-state index is 12.5.